The second-order valence-electron chi connectivity index (χ2n) is 6.14. The second kappa shape index (κ2) is 6.68. The van der Waals surface area contributed by atoms with Crippen LogP contribution in [0.25, 0.3) is 0 Å². The molecule has 5 heteroatoms. The quantitative estimate of drug-likeness (QED) is 0.861. The highest BCUT2D eigenvalue weighted by atomic mass is 16.5. The largest absolute Gasteiger partial charge is 0.339 e. The van der Waals surface area contributed by atoms with Crippen LogP contribution in [0.2, 0.25) is 0 Å². The van der Waals surface area contributed by atoms with Gasteiger partial charge >= 0.3 is 0 Å². The Labute approximate surface area is 121 Å². The number of nitrogens with one attached hydrogen (secondary N) is 1. The van der Waals surface area contributed by atoms with Crippen LogP contribution in [0.15, 0.2) is 4.52 Å². The third kappa shape index (κ3) is 3.20. The molecular weight excluding hydrogens is 252 g/mol. The minimum atomic E-state index is 0.264. The Bertz CT molecular complexity index is 406. The molecular formula is C15H26N4O. The lowest BCUT2D eigenvalue weighted by Gasteiger charge is -2.30. The topological polar surface area (TPSA) is 54.2 Å². The van der Waals surface area contributed by atoms with Gasteiger partial charge in [0.15, 0.2) is 5.82 Å². The van der Waals surface area contributed by atoms with Crippen molar-refractivity contribution in [3.05, 3.63) is 11.7 Å². The molecule has 2 fully saturated rings. The maximum atomic E-state index is 5.57. The molecule has 0 aromatic carbocycles. The summed E-state index contributed by atoms with van der Waals surface area (Å²) < 4.78 is 5.57. The van der Waals surface area contributed by atoms with Gasteiger partial charge in [-0.05, 0) is 19.8 Å². The van der Waals surface area contributed by atoms with E-state index in [-0.39, 0.29) is 6.04 Å². The first-order valence-electron chi connectivity index (χ1n) is 8.13. The Morgan fingerprint density at radius 2 is 1.85 bits per heavy atom. The average molecular weight is 278 g/mol. The van der Waals surface area contributed by atoms with Gasteiger partial charge in [0, 0.05) is 32.1 Å². The van der Waals surface area contributed by atoms with Gasteiger partial charge in [-0.2, -0.15) is 4.98 Å². The molecule has 2 heterocycles. The molecule has 1 saturated carbocycles. The third-order valence-corrected chi connectivity index (χ3v) is 4.73. The van der Waals surface area contributed by atoms with Crippen LogP contribution in [-0.4, -0.2) is 41.2 Å². The van der Waals surface area contributed by atoms with Gasteiger partial charge in [0.25, 0.3) is 0 Å². The Hall–Kier alpha value is -0.940. The van der Waals surface area contributed by atoms with Gasteiger partial charge in [-0.15, -0.1) is 0 Å². The third-order valence-electron chi connectivity index (χ3n) is 4.73. The Kier molecular flexibility index (Phi) is 4.68. The van der Waals surface area contributed by atoms with E-state index in [9.17, 15) is 0 Å². The van der Waals surface area contributed by atoms with E-state index >= 15 is 0 Å². The summed E-state index contributed by atoms with van der Waals surface area (Å²) in [5, 5.41) is 7.63. The number of rotatable bonds is 3. The van der Waals surface area contributed by atoms with Crippen LogP contribution < -0.4 is 5.32 Å². The highest BCUT2D eigenvalue weighted by Crippen LogP contribution is 2.31. The molecule has 0 amide bonds. The SMILES string of the molecule is CC(c1noc(C2CCCCCC2)n1)N1CCNCC1. The number of hydrogen-bond acceptors (Lipinski definition) is 5. The maximum absolute atomic E-state index is 5.57. The van der Waals surface area contributed by atoms with E-state index in [2.05, 4.69) is 22.3 Å². The van der Waals surface area contributed by atoms with Gasteiger partial charge in [0.2, 0.25) is 5.89 Å². The number of hydrogen-bond donors (Lipinski definition) is 1. The van der Waals surface area contributed by atoms with Crippen molar-refractivity contribution in [2.75, 3.05) is 26.2 Å². The van der Waals surface area contributed by atoms with Crippen molar-refractivity contribution in [2.45, 2.75) is 57.4 Å². The zero-order chi connectivity index (χ0) is 13.8. The van der Waals surface area contributed by atoms with Crippen molar-refractivity contribution in [2.24, 2.45) is 0 Å². The van der Waals surface area contributed by atoms with E-state index in [1.807, 2.05) is 0 Å². The standard InChI is InChI=1S/C15H26N4O/c1-12(19-10-8-16-9-11-19)14-17-15(20-18-14)13-6-4-2-3-5-7-13/h12-13,16H,2-11H2,1H3. The van der Waals surface area contributed by atoms with E-state index < -0.39 is 0 Å². The molecule has 112 valence electrons. The minimum Gasteiger partial charge on any atom is -0.339 e. The summed E-state index contributed by atoms with van der Waals surface area (Å²) in [6, 6.07) is 0.264. The molecule has 20 heavy (non-hydrogen) atoms. The fourth-order valence-corrected chi connectivity index (χ4v) is 3.34. The van der Waals surface area contributed by atoms with E-state index in [0.717, 1.165) is 37.9 Å². The van der Waals surface area contributed by atoms with Crippen molar-refractivity contribution < 1.29 is 4.52 Å². The molecule has 0 bridgehead atoms. The van der Waals surface area contributed by atoms with Gasteiger partial charge < -0.3 is 9.84 Å². The summed E-state index contributed by atoms with van der Waals surface area (Å²) in [6.07, 6.45) is 7.74. The Balaban J connectivity index is 1.65. The summed E-state index contributed by atoms with van der Waals surface area (Å²) in [4.78, 5) is 7.14. The molecule has 1 atom stereocenters. The van der Waals surface area contributed by atoms with Gasteiger partial charge in [-0.1, -0.05) is 30.8 Å². The van der Waals surface area contributed by atoms with Gasteiger partial charge in [0.1, 0.15) is 0 Å². The lowest BCUT2D eigenvalue weighted by atomic mass is 10.0. The van der Waals surface area contributed by atoms with Crippen LogP contribution in [0.3, 0.4) is 0 Å². The summed E-state index contributed by atoms with van der Waals surface area (Å²) in [5.41, 5.74) is 0. The van der Waals surface area contributed by atoms with E-state index in [1.54, 1.807) is 0 Å². The van der Waals surface area contributed by atoms with Crippen molar-refractivity contribution >= 4 is 0 Å². The highest BCUT2D eigenvalue weighted by Gasteiger charge is 2.25. The molecule has 1 aliphatic carbocycles. The van der Waals surface area contributed by atoms with Gasteiger partial charge in [0.05, 0.1) is 6.04 Å². The van der Waals surface area contributed by atoms with Gasteiger partial charge in [-0.25, -0.2) is 0 Å². The lowest BCUT2D eigenvalue weighted by Crippen LogP contribution is -2.44. The predicted octanol–water partition coefficient (Wildman–Crippen LogP) is 2.47. The van der Waals surface area contributed by atoms with Gasteiger partial charge in [-0.3, -0.25) is 4.90 Å². The molecule has 0 radical (unpaired) electrons. The minimum absolute atomic E-state index is 0.264. The lowest BCUT2D eigenvalue weighted by molar-refractivity contribution is 0.176. The Morgan fingerprint density at radius 3 is 2.55 bits per heavy atom. The fourth-order valence-electron chi connectivity index (χ4n) is 3.34. The van der Waals surface area contributed by atoms with E-state index in [4.69, 9.17) is 9.51 Å². The summed E-state index contributed by atoms with van der Waals surface area (Å²) in [5.74, 6) is 2.24. The molecule has 2 aliphatic rings. The monoisotopic (exact) mass is 278 g/mol. The van der Waals surface area contributed by atoms with Crippen LogP contribution in [0.4, 0.5) is 0 Å². The number of piperazine rings is 1. The zero-order valence-electron chi connectivity index (χ0n) is 12.5. The predicted molar refractivity (Wildman–Crippen MR) is 77.6 cm³/mol. The second-order valence-corrected chi connectivity index (χ2v) is 6.14. The average Bonchev–Trinajstić information content (AvgIpc) is 2.83. The first-order chi connectivity index (χ1) is 9.84. The summed E-state index contributed by atoms with van der Waals surface area (Å²) in [7, 11) is 0. The van der Waals surface area contributed by atoms with Crippen LogP contribution in [0.1, 0.15) is 69.1 Å². The zero-order valence-corrected chi connectivity index (χ0v) is 12.5. The van der Waals surface area contributed by atoms with Crippen LogP contribution in [-0.2, 0) is 0 Å². The fraction of sp³-hybridized carbons (Fsp3) is 0.867. The Morgan fingerprint density at radius 1 is 1.15 bits per heavy atom. The normalized spacial score (nSPS) is 24.4. The summed E-state index contributed by atoms with van der Waals surface area (Å²) >= 11 is 0. The molecule has 1 saturated heterocycles. The van der Waals surface area contributed by atoms with Crippen molar-refractivity contribution in [1.29, 1.82) is 0 Å². The molecule has 1 aromatic rings. The molecule has 1 aromatic heterocycles. The number of aromatic nitrogens is 2. The first kappa shape index (κ1) is 14.0. The van der Waals surface area contributed by atoms with Crippen molar-refractivity contribution in [1.82, 2.24) is 20.4 Å². The smallest absolute Gasteiger partial charge is 0.229 e. The van der Waals surface area contributed by atoms with Crippen LogP contribution in [0, 0.1) is 0 Å². The summed E-state index contributed by atoms with van der Waals surface area (Å²) in [6.45, 7) is 6.42. The maximum Gasteiger partial charge on any atom is 0.229 e. The molecule has 1 unspecified atom stereocenters. The van der Waals surface area contributed by atoms with Crippen LogP contribution >= 0.6 is 0 Å². The van der Waals surface area contributed by atoms with Crippen molar-refractivity contribution in [3.8, 4) is 0 Å². The highest BCUT2D eigenvalue weighted by molar-refractivity contribution is 4.99. The molecule has 0 spiro atoms. The first-order valence-corrected chi connectivity index (χ1v) is 8.13. The van der Waals surface area contributed by atoms with Crippen molar-refractivity contribution in [3.63, 3.8) is 0 Å². The van der Waals surface area contributed by atoms with Crippen LogP contribution in [0.5, 0.6) is 0 Å². The van der Waals surface area contributed by atoms with E-state index in [0.29, 0.717) is 5.92 Å². The molecule has 3 rings (SSSR count). The molecule has 5 nitrogen and oxygen atoms in total. The van der Waals surface area contributed by atoms with E-state index in [1.165, 1.54) is 38.5 Å². The molecule has 1 N–H and O–H groups in total. The number of nitrogens with zero attached hydrogens (tertiary/aromatic N) is 3. The molecule has 1 aliphatic heterocycles.